The summed E-state index contributed by atoms with van der Waals surface area (Å²) in [5, 5.41) is 34.4. The molecule has 14 nitrogen and oxygen atoms in total. The zero-order chi connectivity index (χ0) is 41.0. The molecule has 0 aliphatic carbocycles. The Bertz CT molecular complexity index is 1370. The van der Waals surface area contributed by atoms with E-state index >= 15 is 0 Å². The Morgan fingerprint density at radius 3 is 1.16 bits per heavy atom. The van der Waals surface area contributed by atoms with Crippen LogP contribution in [0.25, 0.3) is 0 Å². The molecule has 0 aromatic carbocycles. The fraction of sp³-hybridized carbons (Fsp3) is 0.842. The van der Waals surface area contributed by atoms with Gasteiger partial charge in [-0.1, -0.05) is 29.7 Å². The Kier molecular flexibility index (Phi) is 24.4. The third-order valence-corrected chi connectivity index (χ3v) is 15.8. The molecule has 4 heterocycles. The molecule has 0 aromatic rings. The summed E-state index contributed by atoms with van der Waals surface area (Å²) in [6, 6.07) is 0. The number of nitrogens with zero attached hydrogens (tertiary/aromatic N) is 4. The van der Waals surface area contributed by atoms with E-state index in [1.165, 1.54) is 23.5 Å². The summed E-state index contributed by atoms with van der Waals surface area (Å²) in [6.07, 6.45) is 0.892. The van der Waals surface area contributed by atoms with Gasteiger partial charge in [0.05, 0.1) is 47.6 Å². The van der Waals surface area contributed by atoms with Crippen LogP contribution in [0.4, 0.5) is 0 Å². The van der Waals surface area contributed by atoms with E-state index in [-0.39, 0.29) is 104 Å². The molecule has 18 heteroatoms. The van der Waals surface area contributed by atoms with Gasteiger partial charge in [-0.05, 0) is 82.1 Å². The van der Waals surface area contributed by atoms with E-state index in [0.29, 0.717) is 12.8 Å². The highest BCUT2D eigenvalue weighted by Gasteiger charge is 2.53. The molecule has 0 bridgehead atoms. The maximum absolute atomic E-state index is 11.8. The van der Waals surface area contributed by atoms with E-state index in [9.17, 15) is 28.8 Å². The third kappa shape index (κ3) is 14.8. The summed E-state index contributed by atoms with van der Waals surface area (Å²) in [4.78, 5) is 73.6. The fourth-order valence-corrected chi connectivity index (χ4v) is 12.1. The minimum Gasteiger partial charge on any atom is -0.481 e. The number of rotatable bonds is 8. The molecule has 4 unspecified atom stereocenters. The number of carbonyl (C=O) groups is 6. The van der Waals surface area contributed by atoms with E-state index in [1.54, 1.807) is 64.1 Å². The minimum atomic E-state index is -0.931. The van der Waals surface area contributed by atoms with Crippen LogP contribution in [0.3, 0.4) is 0 Å². The van der Waals surface area contributed by atoms with Gasteiger partial charge < -0.3 is 40.0 Å². The lowest BCUT2D eigenvalue weighted by Gasteiger charge is -2.25. The van der Waals surface area contributed by atoms with Gasteiger partial charge in [0.2, 0.25) is 23.6 Å². The molecule has 0 aromatic heterocycles. The SMILES string of the molecule is C.C.C.C.CN1C(=O)C(C)(CC(=O)O)SC1(C)C.CN1C(=O)C(C)(CCO)SC1(C)C.CN1C(=O)C(CC(=O)O)SC1(C)C.CN1C(=O)C(CCO)SC1(C)C. The first kappa shape index (κ1) is 60.8. The Balaban J connectivity index is -0.000000315. The van der Waals surface area contributed by atoms with E-state index in [4.69, 9.17) is 20.4 Å². The molecule has 4 saturated heterocycles. The van der Waals surface area contributed by atoms with Gasteiger partial charge >= 0.3 is 11.9 Å². The van der Waals surface area contributed by atoms with Crippen molar-refractivity contribution >= 4 is 82.6 Å². The third-order valence-electron chi connectivity index (χ3n) is 9.60. The van der Waals surface area contributed by atoms with Gasteiger partial charge in [-0.25, -0.2) is 0 Å². The van der Waals surface area contributed by atoms with E-state index in [0.717, 1.165) is 0 Å². The van der Waals surface area contributed by atoms with E-state index < -0.39 is 26.7 Å². The number of aliphatic carboxylic acids is 2. The standard InChI is InChI=1S/C9H15NO3S.C9H17NO2S.C8H13NO3S.C8H15NO2S.4CH4/c1-8(2)10(4)7(13)9(3,14-8)5-6(11)12;1-8(2)10(4)7(12)9(3,13-8)5-6-11;1-8(2)9(3)7(12)5(13-8)4-6(10)11;1-8(2)9(3)7(11)6(12-8)4-5-10;;;;/h5H2,1-4H3,(H,11,12);11H,5-6H2,1-4H3;5H,4H2,1-3H3,(H,10,11);6,10H,4-5H2,1-3H3;4*1H4. The zero-order valence-corrected chi connectivity index (χ0v) is 36.3. The first-order valence-electron chi connectivity index (χ1n) is 16.9. The normalized spacial score (nSPS) is 27.5. The summed E-state index contributed by atoms with van der Waals surface area (Å²) in [5.74, 6) is -1.78. The van der Waals surface area contributed by atoms with Crippen molar-refractivity contribution in [3.05, 3.63) is 0 Å². The lowest BCUT2D eigenvalue weighted by molar-refractivity contribution is -0.142. The van der Waals surface area contributed by atoms with Crippen molar-refractivity contribution in [1.29, 1.82) is 0 Å². The number of hydrogen-bond acceptors (Lipinski definition) is 12. The lowest BCUT2D eigenvalue weighted by atomic mass is 10.1. The molecule has 332 valence electrons. The van der Waals surface area contributed by atoms with Crippen LogP contribution < -0.4 is 0 Å². The van der Waals surface area contributed by atoms with Crippen molar-refractivity contribution in [2.45, 2.75) is 164 Å². The second-order valence-corrected chi connectivity index (χ2v) is 23.2. The van der Waals surface area contributed by atoms with E-state index in [2.05, 4.69) is 0 Å². The maximum atomic E-state index is 11.8. The van der Waals surface area contributed by atoms with Crippen LogP contribution in [0.2, 0.25) is 0 Å². The molecule has 4 aliphatic heterocycles. The van der Waals surface area contributed by atoms with Gasteiger partial charge in [-0.3, -0.25) is 28.8 Å². The highest BCUT2D eigenvalue weighted by Crippen LogP contribution is 2.49. The second-order valence-electron chi connectivity index (χ2n) is 15.3. The van der Waals surface area contributed by atoms with Gasteiger partial charge in [-0.2, -0.15) is 0 Å². The fourth-order valence-electron chi connectivity index (χ4n) is 5.80. The number of carbonyl (C=O) groups excluding carboxylic acids is 4. The second kappa shape index (κ2) is 22.5. The lowest BCUT2D eigenvalue weighted by Crippen LogP contribution is -2.40. The van der Waals surface area contributed by atoms with Crippen LogP contribution >= 0.6 is 47.0 Å². The molecule has 4 atom stereocenters. The monoisotopic (exact) mass is 876 g/mol. The summed E-state index contributed by atoms with van der Waals surface area (Å²) < 4.78 is -1.25. The first-order valence-corrected chi connectivity index (χ1v) is 20.3. The molecule has 4 amide bonds. The molecule has 0 spiro atoms. The van der Waals surface area contributed by atoms with Crippen molar-refractivity contribution in [2.24, 2.45) is 0 Å². The highest BCUT2D eigenvalue weighted by molar-refractivity contribution is 8.03. The van der Waals surface area contributed by atoms with Crippen LogP contribution in [0, 0.1) is 0 Å². The number of aliphatic hydroxyl groups excluding tert-OH is 2. The van der Waals surface area contributed by atoms with Crippen LogP contribution in [0.5, 0.6) is 0 Å². The molecule has 4 rings (SSSR count). The van der Waals surface area contributed by atoms with Crippen molar-refractivity contribution in [1.82, 2.24) is 19.6 Å². The van der Waals surface area contributed by atoms with Crippen LogP contribution in [-0.4, -0.2) is 156 Å². The average Bonchev–Trinajstić information content (AvgIpc) is 3.44. The number of thioether (sulfide) groups is 4. The van der Waals surface area contributed by atoms with Crippen LogP contribution in [-0.2, 0) is 28.8 Å². The largest absolute Gasteiger partial charge is 0.481 e. The van der Waals surface area contributed by atoms with Crippen molar-refractivity contribution in [3.8, 4) is 0 Å². The Morgan fingerprint density at radius 1 is 0.554 bits per heavy atom. The highest BCUT2D eigenvalue weighted by atomic mass is 32.2. The van der Waals surface area contributed by atoms with Crippen LogP contribution in [0.1, 0.15) is 125 Å². The topological polar surface area (TPSA) is 196 Å². The maximum Gasteiger partial charge on any atom is 0.305 e. The van der Waals surface area contributed by atoms with Crippen molar-refractivity contribution < 1.29 is 49.2 Å². The molecule has 4 N–H and O–H groups in total. The molecule has 4 aliphatic rings. The molecule has 0 saturated carbocycles. The van der Waals surface area contributed by atoms with Crippen LogP contribution in [0.15, 0.2) is 0 Å². The van der Waals surface area contributed by atoms with Crippen molar-refractivity contribution in [3.63, 3.8) is 0 Å². The number of hydrogen-bond donors (Lipinski definition) is 4. The quantitative estimate of drug-likeness (QED) is 0.214. The summed E-state index contributed by atoms with van der Waals surface area (Å²) in [5.41, 5.74) is 0. The number of amides is 4. The summed E-state index contributed by atoms with van der Waals surface area (Å²) in [7, 11) is 7.05. The van der Waals surface area contributed by atoms with E-state index in [1.807, 2.05) is 76.4 Å². The Labute approximate surface area is 355 Å². The summed E-state index contributed by atoms with van der Waals surface area (Å²) in [6.45, 7) is 19.5. The smallest absolute Gasteiger partial charge is 0.305 e. The number of aliphatic hydroxyl groups is 2. The summed E-state index contributed by atoms with van der Waals surface area (Å²) >= 11 is 6.07. The number of carboxylic acid groups (broad SMARTS) is 2. The van der Waals surface area contributed by atoms with Gasteiger partial charge in [0, 0.05) is 41.4 Å². The molecule has 56 heavy (non-hydrogen) atoms. The average molecular weight is 877 g/mol. The predicted molar refractivity (Wildman–Crippen MR) is 237 cm³/mol. The predicted octanol–water partition coefficient (Wildman–Crippen LogP) is 6.22. The Hall–Kier alpha value is -1.86. The first-order chi connectivity index (χ1) is 23.4. The minimum absolute atomic E-state index is 0. The van der Waals surface area contributed by atoms with Gasteiger partial charge in [0.1, 0.15) is 4.75 Å². The van der Waals surface area contributed by atoms with Gasteiger partial charge in [0.15, 0.2) is 0 Å². The Morgan fingerprint density at radius 2 is 0.911 bits per heavy atom. The molecular weight excluding hydrogens is 801 g/mol. The zero-order valence-electron chi connectivity index (χ0n) is 33.1. The van der Waals surface area contributed by atoms with Gasteiger partial charge in [-0.15, -0.1) is 47.0 Å². The molecule has 0 radical (unpaired) electrons. The number of carboxylic acids is 2. The molecule has 4 fully saturated rings. The van der Waals surface area contributed by atoms with Crippen molar-refractivity contribution in [2.75, 3.05) is 41.4 Å². The molecular formula is C38H76N4O10S4. The van der Waals surface area contributed by atoms with Gasteiger partial charge in [0.25, 0.3) is 0 Å².